The van der Waals surface area contributed by atoms with Gasteiger partial charge in [0, 0.05) is 17.9 Å². The molecule has 0 aliphatic heterocycles. The Morgan fingerprint density at radius 3 is 2.33 bits per heavy atom. The zero-order chi connectivity index (χ0) is 20.0. The van der Waals surface area contributed by atoms with Gasteiger partial charge in [-0.3, -0.25) is 9.59 Å². The van der Waals surface area contributed by atoms with E-state index in [1.807, 2.05) is 0 Å². The SMILES string of the molecule is CS(=O)(=O)CC[C@H](NC(=O)c1ccccc1)C(=O)Nc1ccc(F)cc1F. The van der Waals surface area contributed by atoms with Crippen LogP contribution in [0.4, 0.5) is 14.5 Å². The average molecular weight is 396 g/mol. The number of anilines is 1. The molecule has 0 saturated carbocycles. The molecule has 0 spiro atoms. The first kappa shape index (κ1) is 20.5. The van der Waals surface area contributed by atoms with E-state index in [0.717, 1.165) is 18.4 Å². The summed E-state index contributed by atoms with van der Waals surface area (Å²) in [7, 11) is -3.39. The molecule has 0 fully saturated rings. The van der Waals surface area contributed by atoms with E-state index in [1.54, 1.807) is 18.2 Å². The highest BCUT2D eigenvalue weighted by Crippen LogP contribution is 2.15. The van der Waals surface area contributed by atoms with Crippen LogP contribution in [0.1, 0.15) is 16.8 Å². The summed E-state index contributed by atoms with van der Waals surface area (Å²) < 4.78 is 49.6. The summed E-state index contributed by atoms with van der Waals surface area (Å²) in [6, 6.07) is 9.41. The fourth-order valence-corrected chi connectivity index (χ4v) is 2.91. The summed E-state index contributed by atoms with van der Waals surface area (Å²) >= 11 is 0. The third kappa shape index (κ3) is 6.45. The molecule has 0 unspecified atom stereocenters. The summed E-state index contributed by atoms with van der Waals surface area (Å²) in [5, 5.41) is 4.69. The van der Waals surface area contributed by atoms with Crippen molar-refractivity contribution in [2.75, 3.05) is 17.3 Å². The van der Waals surface area contributed by atoms with Crippen LogP contribution >= 0.6 is 0 Å². The lowest BCUT2D eigenvalue weighted by Gasteiger charge is -2.18. The van der Waals surface area contributed by atoms with E-state index in [4.69, 9.17) is 0 Å². The topological polar surface area (TPSA) is 92.3 Å². The number of sulfone groups is 1. The van der Waals surface area contributed by atoms with Crippen molar-refractivity contribution in [1.82, 2.24) is 5.32 Å². The van der Waals surface area contributed by atoms with Gasteiger partial charge in [-0.25, -0.2) is 17.2 Å². The molecule has 0 aliphatic carbocycles. The minimum Gasteiger partial charge on any atom is -0.340 e. The predicted molar refractivity (Wildman–Crippen MR) is 97.0 cm³/mol. The normalized spacial score (nSPS) is 12.3. The monoisotopic (exact) mass is 396 g/mol. The second-order valence-corrected chi connectivity index (χ2v) is 8.18. The maximum absolute atomic E-state index is 13.7. The van der Waals surface area contributed by atoms with Gasteiger partial charge >= 0.3 is 0 Å². The molecule has 6 nitrogen and oxygen atoms in total. The molecule has 27 heavy (non-hydrogen) atoms. The van der Waals surface area contributed by atoms with E-state index < -0.39 is 39.3 Å². The van der Waals surface area contributed by atoms with Crippen LogP contribution < -0.4 is 10.6 Å². The largest absolute Gasteiger partial charge is 0.340 e. The molecular formula is C18H18F2N2O4S. The maximum atomic E-state index is 13.7. The van der Waals surface area contributed by atoms with Crippen molar-refractivity contribution in [3.8, 4) is 0 Å². The number of benzene rings is 2. The summed E-state index contributed by atoms with van der Waals surface area (Å²) in [5.41, 5.74) is 0.00216. The first-order valence-electron chi connectivity index (χ1n) is 7.95. The van der Waals surface area contributed by atoms with Crippen molar-refractivity contribution in [2.24, 2.45) is 0 Å². The molecule has 2 aromatic rings. The second kappa shape index (κ2) is 8.72. The van der Waals surface area contributed by atoms with Crippen molar-refractivity contribution in [3.63, 3.8) is 0 Å². The molecule has 2 aromatic carbocycles. The molecular weight excluding hydrogens is 378 g/mol. The Morgan fingerprint density at radius 1 is 1.07 bits per heavy atom. The Hall–Kier alpha value is -2.81. The number of carbonyl (C=O) groups is 2. The van der Waals surface area contributed by atoms with Gasteiger partial charge in [0.25, 0.3) is 5.91 Å². The summed E-state index contributed by atoms with van der Waals surface area (Å²) in [6.07, 6.45) is 0.798. The average Bonchev–Trinajstić information content (AvgIpc) is 2.60. The van der Waals surface area contributed by atoms with E-state index in [1.165, 1.54) is 12.1 Å². The van der Waals surface area contributed by atoms with Crippen LogP contribution in [0.2, 0.25) is 0 Å². The highest BCUT2D eigenvalue weighted by molar-refractivity contribution is 7.90. The molecule has 9 heteroatoms. The highest BCUT2D eigenvalue weighted by Gasteiger charge is 2.24. The number of hydrogen-bond donors (Lipinski definition) is 2. The molecule has 0 bridgehead atoms. The Labute approximate surface area is 155 Å². The molecule has 1 atom stereocenters. The minimum absolute atomic E-state index is 0.202. The molecule has 0 aromatic heterocycles. The maximum Gasteiger partial charge on any atom is 0.251 e. The molecule has 2 amide bonds. The number of carbonyl (C=O) groups excluding carboxylic acids is 2. The van der Waals surface area contributed by atoms with E-state index in [-0.39, 0.29) is 23.4 Å². The van der Waals surface area contributed by atoms with Gasteiger partial charge in [0.2, 0.25) is 5.91 Å². The standard InChI is InChI=1S/C18H18F2N2O4S/c1-27(25,26)10-9-16(22-17(23)12-5-3-2-4-6-12)18(24)21-15-8-7-13(19)11-14(15)20/h2-8,11,16H,9-10H2,1H3,(H,21,24)(H,22,23)/t16-/m0/s1. The van der Waals surface area contributed by atoms with E-state index in [9.17, 15) is 26.8 Å². The van der Waals surface area contributed by atoms with Crippen molar-refractivity contribution < 1.29 is 26.8 Å². The first-order valence-corrected chi connectivity index (χ1v) is 10.0. The number of hydrogen-bond acceptors (Lipinski definition) is 4. The van der Waals surface area contributed by atoms with Gasteiger partial charge in [-0.1, -0.05) is 18.2 Å². The summed E-state index contributed by atoms with van der Waals surface area (Å²) in [4.78, 5) is 24.7. The molecule has 0 aliphatic rings. The molecule has 0 heterocycles. The number of rotatable bonds is 7. The van der Waals surface area contributed by atoms with Gasteiger partial charge in [-0.2, -0.15) is 0 Å². The number of nitrogens with one attached hydrogen (secondary N) is 2. The first-order chi connectivity index (χ1) is 12.7. The highest BCUT2D eigenvalue weighted by atomic mass is 32.2. The lowest BCUT2D eigenvalue weighted by molar-refractivity contribution is -0.118. The summed E-state index contributed by atoms with van der Waals surface area (Å²) in [6.45, 7) is 0. The van der Waals surface area contributed by atoms with Gasteiger partial charge in [0.1, 0.15) is 27.5 Å². The predicted octanol–water partition coefficient (Wildman–Crippen LogP) is 2.14. The van der Waals surface area contributed by atoms with Crippen LogP contribution in [-0.2, 0) is 14.6 Å². The quantitative estimate of drug-likeness (QED) is 0.750. The molecule has 2 N–H and O–H groups in total. The molecule has 144 valence electrons. The molecule has 2 rings (SSSR count). The lowest BCUT2D eigenvalue weighted by atomic mass is 10.1. The Bertz CT molecular complexity index is 934. The Morgan fingerprint density at radius 2 is 1.74 bits per heavy atom. The van der Waals surface area contributed by atoms with Crippen molar-refractivity contribution >= 4 is 27.3 Å². The molecule has 0 radical (unpaired) electrons. The van der Waals surface area contributed by atoms with Gasteiger partial charge < -0.3 is 10.6 Å². The third-order valence-electron chi connectivity index (χ3n) is 3.62. The lowest BCUT2D eigenvalue weighted by Crippen LogP contribution is -2.44. The van der Waals surface area contributed by atoms with Crippen molar-refractivity contribution in [1.29, 1.82) is 0 Å². The fourth-order valence-electron chi connectivity index (χ4n) is 2.24. The van der Waals surface area contributed by atoms with Gasteiger partial charge in [-0.15, -0.1) is 0 Å². The number of halogens is 2. The number of amides is 2. The Kier molecular flexibility index (Phi) is 6.62. The van der Waals surface area contributed by atoms with E-state index in [0.29, 0.717) is 6.07 Å². The Balaban J connectivity index is 2.17. The van der Waals surface area contributed by atoms with E-state index in [2.05, 4.69) is 10.6 Å². The minimum atomic E-state index is -3.39. The van der Waals surface area contributed by atoms with Crippen LogP contribution in [0.5, 0.6) is 0 Å². The molecule has 0 saturated heterocycles. The second-order valence-electron chi connectivity index (χ2n) is 5.92. The van der Waals surface area contributed by atoms with Gasteiger partial charge in [-0.05, 0) is 30.7 Å². The smallest absolute Gasteiger partial charge is 0.251 e. The van der Waals surface area contributed by atoms with Crippen LogP contribution in [0, 0.1) is 11.6 Å². The van der Waals surface area contributed by atoms with E-state index >= 15 is 0 Å². The zero-order valence-electron chi connectivity index (χ0n) is 14.4. The van der Waals surface area contributed by atoms with Crippen LogP contribution in [0.3, 0.4) is 0 Å². The van der Waals surface area contributed by atoms with Gasteiger partial charge in [0.15, 0.2) is 0 Å². The van der Waals surface area contributed by atoms with Crippen molar-refractivity contribution in [3.05, 3.63) is 65.7 Å². The van der Waals surface area contributed by atoms with Crippen LogP contribution in [0.15, 0.2) is 48.5 Å². The third-order valence-corrected chi connectivity index (χ3v) is 4.60. The fraction of sp³-hybridized carbons (Fsp3) is 0.222. The zero-order valence-corrected chi connectivity index (χ0v) is 15.2. The van der Waals surface area contributed by atoms with Gasteiger partial charge in [0.05, 0.1) is 11.4 Å². The van der Waals surface area contributed by atoms with Crippen LogP contribution in [-0.4, -0.2) is 38.3 Å². The summed E-state index contributed by atoms with van der Waals surface area (Å²) in [5.74, 6) is -3.54. The van der Waals surface area contributed by atoms with Crippen LogP contribution in [0.25, 0.3) is 0 Å². The van der Waals surface area contributed by atoms with Crippen molar-refractivity contribution in [2.45, 2.75) is 12.5 Å².